The fourth-order valence-corrected chi connectivity index (χ4v) is 1.89. The zero-order valence-electron chi connectivity index (χ0n) is 11.3. The number of pyridine rings is 1. The van der Waals surface area contributed by atoms with E-state index in [4.69, 9.17) is 9.84 Å². The SMILES string of the molecule is CC(CC(=O)O)NC(=O)c1ccnc(OC2CCC2)c1. The monoisotopic (exact) mass is 278 g/mol. The number of nitrogens with zero attached hydrogens (tertiary/aromatic N) is 1. The smallest absolute Gasteiger partial charge is 0.305 e. The molecule has 108 valence electrons. The number of carboxylic acid groups (broad SMARTS) is 1. The van der Waals surface area contributed by atoms with E-state index in [-0.39, 0.29) is 18.4 Å². The molecule has 6 nitrogen and oxygen atoms in total. The molecule has 1 fully saturated rings. The van der Waals surface area contributed by atoms with Crippen LogP contribution in [0, 0.1) is 0 Å². The van der Waals surface area contributed by atoms with Gasteiger partial charge >= 0.3 is 5.97 Å². The number of rotatable bonds is 6. The summed E-state index contributed by atoms with van der Waals surface area (Å²) in [5.41, 5.74) is 0.423. The molecule has 6 heteroatoms. The van der Waals surface area contributed by atoms with Gasteiger partial charge in [-0.1, -0.05) is 0 Å². The van der Waals surface area contributed by atoms with Crippen LogP contribution in [0.5, 0.6) is 5.88 Å². The van der Waals surface area contributed by atoms with Gasteiger partial charge in [-0.25, -0.2) is 4.98 Å². The lowest BCUT2D eigenvalue weighted by molar-refractivity contribution is -0.137. The van der Waals surface area contributed by atoms with Crippen LogP contribution in [0.25, 0.3) is 0 Å². The number of hydrogen-bond donors (Lipinski definition) is 2. The van der Waals surface area contributed by atoms with Crippen molar-refractivity contribution in [2.45, 2.75) is 44.8 Å². The molecule has 0 spiro atoms. The molecule has 1 aromatic heterocycles. The van der Waals surface area contributed by atoms with Crippen molar-refractivity contribution in [2.75, 3.05) is 0 Å². The minimum absolute atomic E-state index is 0.109. The standard InChI is InChI=1S/C14H18N2O4/c1-9(7-13(17)18)16-14(19)10-5-6-15-12(8-10)20-11-3-2-4-11/h5-6,8-9,11H,2-4,7H2,1H3,(H,16,19)(H,17,18). The lowest BCUT2D eigenvalue weighted by Gasteiger charge is -2.25. The van der Waals surface area contributed by atoms with E-state index in [1.54, 1.807) is 19.1 Å². The van der Waals surface area contributed by atoms with Crippen LogP contribution < -0.4 is 10.1 Å². The first-order valence-corrected chi connectivity index (χ1v) is 6.70. The molecule has 0 aliphatic heterocycles. The molecule has 0 radical (unpaired) electrons. The van der Waals surface area contributed by atoms with Gasteiger partial charge in [0.15, 0.2) is 0 Å². The number of aromatic nitrogens is 1. The van der Waals surface area contributed by atoms with E-state index in [2.05, 4.69) is 10.3 Å². The van der Waals surface area contributed by atoms with Crippen molar-refractivity contribution in [1.82, 2.24) is 10.3 Å². The molecule has 2 N–H and O–H groups in total. The van der Waals surface area contributed by atoms with Gasteiger partial charge in [0.2, 0.25) is 5.88 Å². The molecule has 1 unspecified atom stereocenters. The van der Waals surface area contributed by atoms with Crippen molar-refractivity contribution >= 4 is 11.9 Å². The Labute approximate surface area is 117 Å². The Hall–Kier alpha value is -2.11. The Morgan fingerprint density at radius 2 is 2.30 bits per heavy atom. The molecular weight excluding hydrogens is 260 g/mol. The maximum absolute atomic E-state index is 12.0. The van der Waals surface area contributed by atoms with Crippen LogP contribution in [-0.4, -0.2) is 34.1 Å². The fourth-order valence-electron chi connectivity index (χ4n) is 1.89. The number of hydrogen-bond acceptors (Lipinski definition) is 4. The minimum Gasteiger partial charge on any atom is -0.481 e. The maximum atomic E-state index is 12.0. The molecule has 2 rings (SSSR count). The maximum Gasteiger partial charge on any atom is 0.305 e. The van der Waals surface area contributed by atoms with E-state index in [0.29, 0.717) is 11.4 Å². The molecule has 1 amide bonds. The Morgan fingerprint density at radius 3 is 2.90 bits per heavy atom. The summed E-state index contributed by atoms with van der Waals surface area (Å²) in [6.45, 7) is 1.65. The second-order valence-corrected chi connectivity index (χ2v) is 5.03. The van der Waals surface area contributed by atoms with Crippen LogP contribution in [0.4, 0.5) is 0 Å². The van der Waals surface area contributed by atoms with Gasteiger partial charge in [0, 0.05) is 23.9 Å². The Kier molecular flexibility index (Phi) is 4.55. The van der Waals surface area contributed by atoms with Gasteiger partial charge < -0.3 is 15.2 Å². The summed E-state index contributed by atoms with van der Waals surface area (Å²) in [5, 5.41) is 11.3. The number of amides is 1. The molecule has 0 bridgehead atoms. The van der Waals surface area contributed by atoms with Crippen molar-refractivity contribution in [3.05, 3.63) is 23.9 Å². The molecule has 20 heavy (non-hydrogen) atoms. The van der Waals surface area contributed by atoms with Gasteiger partial charge in [-0.15, -0.1) is 0 Å². The van der Waals surface area contributed by atoms with Crippen LogP contribution in [0.2, 0.25) is 0 Å². The third-order valence-electron chi connectivity index (χ3n) is 3.19. The average Bonchev–Trinajstić information content (AvgIpc) is 2.33. The van der Waals surface area contributed by atoms with Gasteiger partial charge in [0.05, 0.1) is 6.42 Å². The van der Waals surface area contributed by atoms with Gasteiger partial charge in [0.1, 0.15) is 6.10 Å². The number of ether oxygens (including phenoxy) is 1. The summed E-state index contributed by atoms with van der Waals surface area (Å²) in [6, 6.07) is 2.74. The topological polar surface area (TPSA) is 88.5 Å². The molecule has 0 aromatic carbocycles. The summed E-state index contributed by atoms with van der Waals surface area (Å²) in [7, 11) is 0. The zero-order chi connectivity index (χ0) is 14.5. The fraction of sp³-hybridized carbons (Fsp3) is 0.500. The molecule has 1 aliphatic carbocycles. The van der Waals surface area contributed by atoms with E-state index in [9.17, 15) is 9.59 Å². The lowest BCUT2D eigenvalue weighted by Crippen LogP contribution is -2.34. The number of carboxylic acids is 1. The molecule has 0 saturated heterocycles. The number of nitrogens with one attached hydrogen (secondary N) is 1. The normalized spacial score (nSPS) is 16.1. The third-order valence-corrected chi connectivity index (χ3v) is 3.19. The molecule has 1 atom stereocenters. The summed E-state index contributed by atoms with van der Waals surface area (Å²) >= 11 is 0. The predicted octanol–water partition coefficient (Wildman–Crippen LogP) is 1.61. The van der Waals surface area contributed by atoms with Crippen molar-refractivity contribution in [3.8, 4) is 5.88 Å². The summed E-state index contributed by atoms with van der Waals surface area (Å²) in [4.78, 5) is 26.6. The van der Waals surface area contributed by atoms with Gasteiger partial charge in [-0.3, -0.25) is 9.59 Å². The van der Waals surface area contributed by atoms with Gasteiger partial charge in [-0.05, 0) is 32.3 Å². The first kappa shape index (κ1) is 14.3. The second-order valence-electron chi connectivity index (χ2n) is 5.03. The number of carbonyl (C=O) groups excluding carboxylic acids is 1. The highest BCUT2D eigenvalue weighted by molar-refractivity contribution is 5.94. The lowest BCUT2D eigenvalue weighted by atomic mass is 9.96. The Bertz CT molecular complexity index is 500. The average molecular weight is 278 g/mol. The van der Waals surface area contributed by atoms with Crippen molar-refractivity contribution in [3.63, 3.8) is 0 Å². The molecule has 1 aliphatic rings. The van der Waals surface area contributed by atoms with E-state index in [1.165, 1.54) is 6.20 Å². The molecule has 1 saturated carbocycles. The quantitative estimate of drug-likeness (QED) is 0.825. The summed E-state index contributed by atoms with van der Waals surface area (Å²) in [6.07, 6.45) is 4.82. The Morgan fingerprint density at radius 1 is 1.55 bits per heavy atom. The predicted molar refractivity (Wildman–Crippen MR) is 71.7 cm³/mol. The number of carbonyl (C=O) groups is 2. The zero-order valence-corrected chi connectivity index (χ0v) is 11.3. The van der Waals surface area contributed by atoms with Crippen LogP contribution >= 0.6 is 0 Å². The van der Waals surface area contributed by atoms with E-state index >= 15 is 0 Å². The first-order valence-electron chi connectivity index (χ1n) is 6.70. The molecule has 1 aromatic rings. The van der Waals surface area contributed by atoms with Crippen molar-refractivity contribution in [1.29, 1.82) is 0 Å². The third kappa shape index (κ3) is 3.94. The minimum atomic E-state index is -0.943. The highest BCUT2D eigenvalue weighted by Gasteiger charge is 2.20. The molecular formula is C14H18N2O4. The van der Waals surface area contributed by atoms with Gasteiger partial charge in [-0.2, -0.15) is 0 Å². The largest absolute Gasteiger partial charge is 0.481 e. The van der Waals surface area contributed by atoms with Gasteiger partial charge in [0.25, 0.3) is 5.91 Å². The van der Waals surface area contributed by atoms with Crippen LogP contribution in [0.3, 0.4) is 0 Å². The summed E-state index contributed by atoms with van der Waals surface area (Å²) in [5.74, 6) is -0.825. The van der Waals surface area contributed by atoms with E-state index in [0.717, 1.165) is 19.3 Å². The van der Waals surface area contributed by atoms with Crippen molar-refractivity contribution < 1.29 is 19.4 Å². The summed E-state index contributed by atoms with van der Waals surface area (Å²) < 4.78 is 5.63. The Balaban J connectivity index is 1.94. The van der Waals surface area contributed by atoms with Crippen LogP contribution in [0.15, 0.2) is 18.3 Å². The molecule has 1 heterocycles. The van der Waals surface area contributed by atoms with Crippen LogP contribution in [-0.2, 0) is 4.79 Å². The highest BCUT2D eigenvalue weighted by atomic mass is 16.5. The second kappa shape index (κ2) is 6.36. The van der Waals surface area contributed by atoms with E-state index in [1.807, 2.05) is 0 Å². The highest BCUT2D eigenvalue weighted by Crippen LogP contribution is 2.24. The van der Waals surface area contributed by atoms with E-state index < -0.39 is 12.0 Å². The van der Waals surface area contributed by atoms with Crippen molar-refractivity contribution in [2.24, 2.45) is 0 Å². The number of aliphatic carboxylic acids is 1. The first-order chi connectivity index (χ1) is 9.54. The van der Waals surface area contributed by atoms with Crippen LogP contribution in [0.1, 0.15) is 43.0 Å².